The van der Waals surface area contributed by atoms with Gasteiger partial charge in [0.2, 0.25) is 5.91 Å². The van der Waals surface area contributed by atoms with E-state index in [9.17, 15) is 4.79 Å². The molecule has 152 valence electrons. The minimum Gasteiger partial charge on any atom is -0.345 e. The number of hydrogen-bond donors (Lipinski definition) is 0. The lowest BCUT2D eigenvalue weighted by atomic mass is 10.00. The summed E-state index contributed by atoms with van der Waals surface area (Å²) in [5, 5.41) is 1.21. The van der Waals surface area contributed by atoms with E-state index in [0.29, 0.717) is 16.3 Å². The van der Waals surface area contributed by atoms with Gasteiger partial charge in [-0.1, -0.05) is 18.9 Å². The molecule has 1 fully saturated rings. The van der Waals surface area contributed by atoms with E-state index in [1.165, 1.54) is 41.7 Å². The molecule has 0 unspecified atom stereocenters. The summed E-state index contributed by atoms with van der Waals surface area (Å²) >= 11 is 3.91. The monoisotopic (exact) mass is 408 g/mol. The highest BCUT2D eigenvalue weighted by Crippen LogP contribution is 2.39. The van der Waals surface area contributed by atoms with Crippen LogP contribution >= 0.6 is 23.5 Å². The van der Waals surface area contributed by atoms with Gasteiger partial charge in [0.25, 0.3) is 0 Å². The average Bonchev–Trinajstić information content (AvgIpc) is 2.63. The fourth-order valence-electron chi connectivity index (χ4n) is 3.39. The van der Waals surface area contributed by atoms with Crippen molar-refractivity contribution in [1.29, 1.82) is 0 Å². The Morgan fingerprint density at radius 3 is 2.41 bits per heavy atom. The zero-order valence-electron chi connectivity index (χ0n) is 17.7. The standard InChI is InChI=1S/C22H36N2OS2/c1-17-11-12-19(15-18(17)2)27-21-10-7-6-9-20(21)26-16-22(25)24(5)14-8-13-23(3)4/h11-12,15,20-21H,6-10,13-14,16H2,1-5H3/t20-,21-/m1/s1. The van der Waals surface area contributed by atoms with Crippen molar-refractivity contribution in [3.63, 3.8) is 0 Å². The molecule has 0 saturated heterocycles. The lowest BCUT2D eigenvalue weighted by molar-refractivity contribution is -0.127. The van der Waals surface area contributed by atoms with Gasteiger partial charge in [-0.15, -0.1) is 23.5 Å². The topological polar surface area (TPSA) is 23.6 Å². The van der Waals surface area contributed by atoms with Crippen molar-refractivity contribution in [3.8, 4) is 0 Å². The van der Waals surface area contributed by atoms with E-state index < -0.39 is 0 Å². The van der Waals surface area contributed by atoms with Gasteiger partial charge < -0.3 is 9.80 Å². The van der Waals surface area contributed by atoms with E-state index in [0.717, 1.165) is 19.5 Å². The molecule has 1 aromatic rings. The number of aryl methyl sites for hydroxylation is 2. The summed E-state index contributed by atoms with van der Waals surface area (Å²) in [6.07, 6.45) is 6.16. The van der Waals surface area contributed by atoms with Crippen LogP contribution in [0.1, 0.15) is 43.2 Å². The van der Waals surface area contributed by atoms with Crippen LogP contribution in [0.15, 0.2) is 23.1 Å². The molecule has 27 heavy (non-hydrogen) atoms. The first-order chi connectivity index (χ1) is 12.9. The highest BCUT2D eigenvalue weighted by Gasteiger charge is 2.27. The molecule has 0 bridgehead atoms. The van der Waals surface area contributed by atoms with E-state index in [1.54, 1.807) is 0 Å². The zero-order valence-corrected chi connectivity index (χ0v) is 19.3. The summed E-state index contributed by atoms with van der Waals surface area (Å²) in [6.45, 7) is 6.24. The van der Waals surface area contributed by atoms with Crippen molar-refractivity contribution in [2.24, 2.45) is 0 Å². The SMILES string of the molecule is Cc1ccc(S[C@@H]2CCCC[C@H]2SCC(=O)N(C)CCCN(C)C)cc1C. The maximum atomic E-state index is 12.5. The smallest absolute Gasteiger partial charge is 0.232 e. The number of benzene rings is 1. The second kappa shape index (κ2) is 11.4. The molecule has 1 amide bonds. The molecule has 0 spiro atoms. The van der Waals surface area contributed by atoms with E-state index in [1.807, 2.05) is 35.5 Å². The lowest BCUT2D eigenvalue weighted by Gasteiger charge is -2.31. The molecule has 0 heterocycles. The van der Waals surface area contributed by atoms with Crippen molar-refractivity contribution < 1.29 is 4.79 Å². The predicted molar refractivity (Wildman–Crippen MR) is 121 cm³/mol. The van der Waals surface area contributed by atoms with Crippen LogP contribution in [0.5, 0.6) is 0 Å². The third kappa shape index (κ3) is 7.71. The molecule has 0 aliphatic heterocycles. The molecule has 1 aliphatic rings. The molecule has 0 N–H and O–H groups in total. The Morgan fingerprint density at radius 2 is 1.74 bits per heavy atom. The molecule has 1 saturated carbocycles. The molecule has 1 aromatic carbocycles. The van der Waals surface area contributed by atoms with Gasteiger partial charge in [-0.3, -0.25) is 4.79 Å². The highest BCUT2D eigenvalue weighted by molar-refractivity contribution is 8.04. The van der Waals surface area contributed by atoms with Gasteiger partial charge >= 0.3 is 0 Å². The fraction of sp³-hybridized carbons (Fsp3) is 0.682. The van der Waals surface area contributed by atoms with Crippen LogP contribution in [0.25, 0.3) is 0 Å². The normalized spacial score (nSPS) is 20.1. The van der Waals surface area contributed by atoms with Crippen LogP contribution in [-0.4, -0.2) is 66.2 Å². The van der Waals surface area contributed by atoms with E-state index in [2.05, 4.69) is 51.0 Å². The number of carbonyl (C=O) groups is 1. The van der Waals surface area contributed by atoms with Crippen molar-refractivity contribution in [1.82, 2.24) is 9.80 Å². The first-order valence-electron chi connectivity index (χ1n) is 10.1. The number of amides is 1. The Kier molecular flexibility index (Phi) is 9.54. The van der Waals surface area contributed by atoms with Crippen molar-refractivity contribution in [2.45, 2.75) is 61.3 Å². The quantitative estimate of drug-likeness (QED) is 0.583. The van der Waals surface area contributed by atoms with Crippen molar-refractivity contribution >= 4 is 29.4 Å². The van der Waals surface area contributed by atoms with Gasteiger partial charge in [-0.25, -0.2) is 0 Å². The van der Waals surface area contributed by atoms with Gasteiger partial charge in [0.1, 0.15) is 0 Å². The minimum absolute atomic E-state index is 0.277. The molecule has 2 atom stereocenters. The third-order valence-corrected chi connectivity index (χ3v) is 8.32. The highest BCUT2D eigenvalue weighted by atomic mass is 32.2. The number of carbonyl (C=O) groups excluding carboxylic acids is 1. The van der Waals surface area contributed by atoms with Crippen LogP contribution in [0.4, 0.5) is 0 Å². The largest absolute Gasteiger partial charge is 0.345 e. The molecular formula is C22H36N2OS2. The molecular weight excluding hydrogens is 372 g/mol. The maximum Gasteiger partial charge on any atom is 0.232 e. The maximum absolute atomic E-state index is 12.5. The second-order valence-corrected chi connectivity index (χ2v) is 10.5. The number of hydrogen-bond acceptors (Lipinski definition) is 4. The Bertz CT molecular complexity index is 606. The molecule has 0 radical (unpaired) electrons. The molecule has 3 nitrogen and oxygen atoms in total. The van der Waals surface area contributed by atoms with Crippen molar-refractivity contribution in [2.75, 3.05) is 40.0 Å². The second-order valence-electron chi connectivity index (χ2n) is 8.01. The fourth-order valence-corrected chi connectivity index (χ4v) is 6.36. The van der Waals surface area contributed by atoms with E-state index >= 15 is 0 Å². The van der Waals surface area contributed by atoms with Crippen LogP contribution in [0.2, 0.25) is 0 Å². The minimum atomic E-state index is 0.277. The number of thioether (sulfide) groups is 2. The van der Waals surface area contributed by atoms with Gasteiger partial charge in [0.05, 0.1) is 5.75 Å². The van der Waals surface area contributed by atoms with Crippen LogP contribution in [0, 0.1) is 13.8 Å². The third-order valence-electron chi connectivity index (χ3n) is 5.35. The molecule has 1 aliphatic carbocycles. The summed E-state index contributed by atoms with van der Waals surface area (Å²) in [7, 11) is 6.10. The van der Waals surface area contributed by atoms with E-state index in [4.69, 9.17) is 0 Å². The molecule has 0 aromatic heterocycles. The summed E-state index contributed by atoms with van der Waals surface area (Å²) in [6, 6.07) is 6.81. The van der Waals surface area contributed by atoms with Gasteiger partial charge in [0.15, 0.2) is 0 Å². The van der Waals surface area contributed by atoms with Crippen LogP contribution < -0.4 is 0 Å². The Balaban J connectivity index is 1.83. The van der Waals surface area contributed by atoms with E-state index in [-0.39, 0.29) is 5.91 Å². The Morgan fingerprint density at radius 1 is 1.04 bits per heavy atom. The lowest BCUT2D eigenvalue weighted by Crippen LogP contribution is -2.33. The Labute approximate surface area is 174 Å². The first kappa shape index (κ1) is 22.6. The summed E-state index contributed by atoms with van der Waals surface area (Å²) in [5.74, 6) is 0.895. The first-order valence-corrected chi connectivity index (χ1v) is 12.0. The van der Waals surface area contributed by atoms with Gasteiger partial charge in [-0.2, -0.15) is 0 Å². The van der Waals surface area contributed by atoms with Gasteiger partial charge in [-0.05, 0) is 77.0 Å². The molecule has 5 heteroatoms. The summed E-state index contributed by atoms with van der Waals surface area (Å²) in [5.41, 5.74) is 2.73. The average molecular weight is 409 g/mol. The Hall–Kier alpha value is -0.650. The summed E-state index contributed by atoms with van der Waals surface area (Å²) < 4.78 is 0. The number of nitrogens with zero attached hydrogens (tertiary/aromatic N) is 2. The zero-order chi connectivity index (χ0) is 19.8. The van der Waals surface area contributed by atoms with Crippen LogP contribution in [-0.2, 0) is 4.79 Å². The van der Waals surface area contributed by atoms with Crippen molar-refractivity contribution in [3.05, 3.63) is 29.3 Å². The van der Waals surface area contributed by atoms with Gasteiger partial charge in [0, 0.05) is 29.0 Å². The summed E-state index contributed by atoms with van der Waals surface area (Å²) in [4.78, 5) is 17.9. The number of rotatable bonds is 9. The molecule has 2 rings (SSSR count). The van der Waals surface area contributed by atoms with Crippen LogP contribution in [0.3, 0.4) is 0 Å². The predicted octanol–water partition coefficient (Wildman–Crippen LogP) is 4.85.